The van der Waals surface area contributed by atoms with Crippen molar-refractivity contribution in [3.63, 3.8) is 0 Å². The predicted molar refractivity (Wildman–Crippen MR) is 126 cm³/mol. The fraction of sp³-hybridized carbons (Fsp3) is 0.364. The van der Waals surface area contributed by atoms with Crippen LogP contribution in [0, 0.1) is 0 Å². The van der Waals surface area contributed by atoms with Crippen molar-refractivity contribution < 1.29 is 14.7 Å². The van der Waals surface area contributed by atoms with Gasteiger partial charge in [0.25, 0.3) is 5.91 Å². The van der Waals surface area contributed by atoms with E-state index in [1.807, 2.05) is 0 Å². The Morgan fingerprint density at radius 1 is 0.875 bits per heavy atom. The van der Waals surface area contributed by atoms with E-state index in [1.54, 1.807) is 52.3 Å². The molecule has 2 aliphatic heterocycles. The van der Waals surface area contributed by atoms with Crippen molar-refractivity contribution >= 4 is 52.4 Å². The second-order valence-electron chi connectivity index (χ2n) is 7.93. The van der Waals surface area contributed by atoms with Gasteiger partial charge >= 0.3 is 6.03 Å². The number of aliphatic hydroxyl groups is 1. The number of hydrogen-bond donors (Lipinski definition) is 2. The number of nitrogens with zero attached hydrogens (tertiary/aromatic N) is 3. The third-order valence-corrected chi connectivity index (χ3v) is 6.87. The standard InChI is InChI=1S/C22H23Cl3N4O3/c23-15-3-1-14(2-4-15)21(31)29-12-19(20(30)13-29)27-7-9-28(10-8-27)22(32)26-16-5-6-17(24)18(25)11-16/h1-6,11,19-20,30H,7-10,12-13H2,(H,26,32). The van der Waals surface area contributed by atoms with E-state index in [1.165, 1.54) is 0 Å². The first-order valence-electron chi connectivity index (χ1n) is 10.3. The smallest absolute Gasteiger partial charge is 0.321 e. The van der Waals surface area contributed by atoms with Crippen LogP contribution in [0.2, 0.25) is 15.1 Å². The van der Waals surface area contributed by atoms with Crippen molar-refractivity contribution in [2.75, 3.05) is 44.6 Å². The first-order chi connectivity index (χ1) is 15.3. The summed E-state index contributed by atoms with van der Waals surface area (Å²) >= 11 is 17.8. The molecule has 0 saturated carbocycles. The Labute approximate surface area is 201 Å². The molecule has 2 saturated heterocycles. The van der Waals surface area contributed by atoms with Crippen molar-refractivity contribution in [3.8, 4) is 0 Å². The molecule has 0 spiro atoms. The molecule has 0 radical (unpaired) electrons. The lowest BCUT2D eigenvalue weighted by Gasteiger charge is -2.38. The summed E-state index contributed by atoms with van der Waals surface area (Å²) in [7, 11) is 0. The topological polar surface area (TPSA) is 76.1 Å². The normalized spacial score (nSPS) is 21.6. The van der Waals surface area contributed by atoms with E-state index in [9.17, 15) is 14.7 Å². The van der Waals surface area contributed by atoms with Gasteiger partial charge < -0.3 is 20.2 Å². The molecular weight excluding hydrogens is 475 g/mol. The van der Waals surface area contributed by atoms with Crippen molar-refractivity contribution in [2.45, 2.75) is 12.1 Å². The lowest BCUT2D eigenvalue weighted by Crippen LogP contribution is -2.55. The summed E-state index contributed by atoms with van der Waals surface area (Å²) in [6, 6.07) is 11.3. The summed E-state index contributed by atoms with van der Waals surface area (Å²) in [5.41, 5.74) is 1.13. The molecule has 2 atom stereocenters. The molecule has 2 aliphatic rings. The van der Waals surface area contributed by atoms with Gasteiger partial charge in [-0.1, -0.05) is 34.8 Å². The molecule has 2 unspecified atom stereocenters. The second-order valence-corrected chi connectivity index (χ2v) is 9.18. The van der Waals surface area contributed by atoms with E-state index >= 15 is 0 Å². The monoisotopic (exact) mass is 496 g/mol. The van der Waals surface area contributed by atoms with E-state index in [0.29, 0.717) is 59.0 Å². The fourth-order valence-electron chi connectivity index (χ4n) is 4.10. The SMILES string of the molecule is O=C(Nc1ccc(Cl)c(Cl)c1)N1CCN(C2CN(C(=O)c3ccc(Cl)cc3)CC2O)CC1. The highest BCUT2D eigenvalue weighted by Crippen LogP contribution is 2.26. The molecular formula is C22H23Cl3N4O3. The molecule has 2 fully saturated rings. The Morgan fingerprint density at radius 2 is 1.56 bits per heavy atom. The highest BCUT2D eigenvalue weighted by atomic mass is 35.5. The van der Waals surface area contributed by atoms with Gasteiger partial charge in [0.15, 0.2) is 0 Å². The molecule has 170 valence electrons. The average molecular weight is 498 g/mol. The number of aliphatic hydroxyl groups excluding tert-OH is 1. The second kappa shape index (κ2) is 9.85. The number of anilines is 1. The molecule has 3 amide bonds. The van der Waals surface area contributed by atoms with Gasteiger partial charge in [0.2, 0.25) is 0 Å². The lowest BCUT2D eigenvalue weighted by molar-refractivity contribution is 0.0545. The number of likely N-dealkylation sites (tertiary alicyclic amines) is 1. The number of urea groups is 1. The minimum Gasteiger partial charge on any atom is -0.390 e. The van der Waals surface area contributed by atoms with Crippen LogP contribution in [0.4, 0.5) is 10.5 Å². The Kier molecular flexibility index (Phi) is 7.12. The number of piperazine rings is 1. The number of benzene rings is 2. The number of amides is 3. The average Bonchev–Trinajstić information content (AvgIpc) is 3.18. The number of β-amino-alcohol motifs (C(OH)–C–C–N with tert-alkyl or cyclic N) is 1. The van der Waals surface area contributed by atoms with Crippen molar-refractivity contribution in [3.05, 3.63) is 63.1 Å². The maximum atomic E-state index is 12.8. The molecule has 0 bridgehead atoms. The van der Waals surface area contributed by atoms with Gasteiger partial charge in [-0.3, -0.25) is 9.69 Å². The Bertz CT molecular complexity index is 996. The van der Waals surface area contributed by atoms with Gasteiger partial charge in [0.1, 0.15) is 0 Å². The van der Waals surface area contributed by atoms with E-state index in [-0.39, 0.29) is 24.5 Å². The number of nitrogens with one attached hydrogen (secondary N) is 1. The predicted octanol–water partition coefficient (Wildman–Crippen LogP) is 3.68. The largest absolute Gasteiger partial charge is 0.390 e. The first kappa shape index (κ1) is 23.1. The van der Waals surface area contributed by atoms with E-state index in [4.69, 9.17) is 34.8 Å². The maximum Gasteiger partial charge on any atom is 0.321 e. The first-order valence-corrected chi connectivity index (χ1v) is 11.4. The van der Waals surface area contributed by atoms with Crippen molar-refractivity contribution in [1.29, 1.82) is 0 Å². The summed E-state index contributed by atoms with van der Waals surface area (Å²) in [4.78, 5) is 30.9. The molecule has 10 heteroatoms. The van der Waals surface area contributed by atoms with Gasteiger partial charge in [-0.15, -0.1) is 0 Å². The van der Waals surface area contributed by atoms with Crippen LogP contribution in [0.15, 0.2) is 42.5 Å². The van der Waals surface area contributed by atoms with E-state index in [2.05, 4.69) is 10.2 Å². The Balaban J connectivity index is 1.30. The number of carbonyl (C=O) groups is 2. The zero-order valence-electron chi connectivity index (χ0n) is 17.2. The molecule has 2 N–H and O–H groups in total. The van der Waals surface area contributed by atoms with Crippen LogP contribution in [0.3, 0.4) is 0 Å². The van der Waals surface area contributed by atoms with Crippen LogP contribution in [0.25, 0.3) is 0 Å². The van der Waals surface area contributed by atoms with Crippen LogP contribution >= 0.6 is 34.8 Å². The van der Waals surface area contributed by atoms with Gasteiger partial charge in [0.05, 0.1) is 22.2 Å². The molecule has 2 aromatic carbocycles. The summed E-state index contributed by atoms with van der Waals surface area (Å²) in [5.74, 6) is -0.122. The van der Waals surface area contributed by atoms with Crippen molar-refractivity contribution in [2.24, 2.45) is 0 Å². The maximum absolute atomic E-state index is 12.8. The molecule has 32 heavy (non-hydrogen) atoms. The van der Waals surface area contributed by atoms with Gasteiger partial charge in [0, 0.05) is 55.5 Å². The summed E-state index contributed by atoms with van der Waals surface area (Å²) in [5, 5.41) is 14.8. The van der Waals surface area contributed by atoms with Crippen molar-refractivity contribution in [1.82, 2.24) is 14.7 Å². The minimum absolute atomic E-state index is 0.122. The molecule has 7 nitrogen and oxygen atoms in total. The third kappa shape index (κ3) is 5.13. The molecule has 4 rings (SSSR count). The summed E-state index contributed by atoms with van der Waals surface area (Å²) in [6.45, 7) is 2.98. The third-order valence-electron chi connectivity index (χ3n) is 5.88. The Morgan fingerprint density at radius 3 is 2.22 bits per heavy atom. The quantitative estimate of drug-likeness (QED) is 0.678. The molecule has 0 aromatic heterocycles. The molecule has 2 heterocycles. The Hall–Kier alpha value is -2.03. The number of hydrogen-bond acceptors (Lipinski definition) is 4. The van der Waals surface area contributed by atoms with Crippen LogP contribution in [0.1, 0.15) is 10.4 Å². The highest BCUT2D eigenvalue weighted by molar-refractivity contribution is 6.42. The van der Waals surface area contributed by atoms with Crippen LogP contribution in [-0.4, -0.2) is 83.2 Å². The lowest BCUT2D eigenvalue weighted by atomic mass is 10.1. The van der Waals surface area contributed by atoms with E-state index < -0.39 is 6.10 Å². The van der Waals surface area contributed by atoms with Gasteiger partial charge in [-0.2, -0.15) is 0 Å². The minimum atomic E-state index is -0.636. The molecule has 0 aliphatic carbocycles. The van der Waals surface area contributed by atoms with Gasteiger partial charge in [-0.25, -0.2) is 4.79 Å². The van der Waals surface area contributed by atoms with Gasteiger partial charge in [-0.05, 0) is 42.5 Å². The summed E-state index contributed by atoms with van der Waals surface area (Å²) < 4.78 is 0. The number of rotatable bonds is 3. The summed E-state index contributed by atoms with van der Waals surface area (Å²) in [6.07, 6.45) is -0.636. The molecule has 2 aromatic rings. The van der Waals surface area contributed by atoms with Crippen LogP contribution in [-0.2, 0) is 0 Å². The van der Waals surface area contributed by atoms with Crippen LogP contribution in [0.5, 0.6) is 0 Å². The van der Waals surface area contributed by atoms with Crippen LogP contribution < -0.4 is 5.32 Å². The zero-order chi connectivity index (χ0) is 22.8. The zero-order valence-corrected chi connectivity index (χ0v) is 19.4. The number of carbonyl (C=O) groups excluding carboxylic acids is 2. The fourth-order valence-corrected chi connectivity index (χ4v) is 4.53. The highest BCUT2D eigenvalue weighted by Gasteiger charge is 2.39. The van der Waals surface area contributed by atoms with E-state index in [0.717, 1.165) is 0 Å². The number of halogens is 3.